The van der Waals surface area contributed by atoms with Crippen molar-refractivity contribution in [1.29, 1.82) is 0 Å². The molecule has 0 heterocycles. The molecule has 0 fully saturated rings. The van der Waals surface area contributed by atoms with Crippen molar-refractivity contribution in [2.45, 2.75) is 63.4 Å². The molecule has 0 saturated heterocycles. The minimum Gasteiger partial charge on any atom is -0.303 e. The maximum Gasteiger partial charge on any atom is 0.236 e. The minimum absolute atomic E-state index is 0.389. The van der Waals surface area contributed by atoms with Gasteiger partial charge in [-0.05, 0) is 0 Å². The van der Waals surface area contributed by atoms with Crippen molar-refractivity contribution in [2.24, 2.45) is 0 Å². The van der Waals surface area contributed by atoms with Gasteiger partial charge in [0.05, 0.1) is 0 Å². The second-order valence-electron chi connectivity index (χ2n) is 3.34. The van der Waals surface area contributed by atoms with E-state index in [2.05, 4.69) is 13.8 Å². The summed E-state index contributed by atoms with van der Waals surface area (Å²) < 4.78 is 0. The number of hydrogen-bond acceptors (Lipinski definition) is 1. The molecule has 0 N–H and O–H groups in total. The van der Waals surface area contributed by atoms with E-state index < -0.39 is 0 Å². The van der Waals surface area contributed by atoms with E-state index in [4.69, 9.17) is 0 Å². The van der Waals surface area contributed by atoms with Crippen molar-refractivity contribution in [3.8, 4) is 0 Å². The Bertz CT molecular complexity index is 78.2. The summed E-state index contributed by atoms with van der Waals surface area (Å²) in [6, 6.07) is 0. The maximum absolute atomic E-state index is 9.17. The summed E-state index contributed by atoms with van der Waals surface area (Å²) in [4.78, 5) is 9.17. The average Bonchev–Trinajstić information content (AvgIpc) is 2.18. The van der Waals surface area contributed by atoms with E-state index in [1.54, 1.807) is 10.6 Å². The molecule has 0 bridgehead atoms. The summed E-state index contributed by atoms with van der Waals surface area (Å²) in [5.41, 5.74) is 0. The Morgan fingerprint density at radius 1 is 1.00 bits per heavy atom. The maximum atomic E-state index is 9.17. The molecule has 0 amide bonds. The van der Waals surface area contributed by atoms with Crippen molar-refractivity contribution in [3.63, 3.8) is 0 Å². The number of rotatable bonds is 7. The zero-order valence-corrected chi connectivity index (χ0v) is 11.1. The van der Waals surface area contributed by atoms with Crippen molar-refractivity contribution in [1.82, 2.24) is 0 Å². The van der Waals surface area contributed by atoms with Crippen molar-refractivity contribution >= 4 is 21.5 Å². The molecular weight excluding hydrogens is 175 g/mol. The van der Waals surface area contributed by atoms with E-state index in [0.29, 0.717) is 21.6 Å². The number of carbonyl (C=O) groups excluding carboxylic acids is 1. The van der Waals surface area contributed by atoms with Gasteiger partial charge in [-0.1, -0.05) is 57.0 Å². The topological polar surface area (TPSA) is 17.1 Å². The smallest absolute Gasteiger partial charge is 0.236 e. The van der Waals surface area contributed by atoms with Crippen LogP contribution < -0.4 is 0 Å². The Morgan fingerprint density at radius 3 is 1.62 bits per heavy atom. The molecule has 0 aromatic heterocycles. The summed E-state index contributed by atoms with van der Waals surface area (Å²) in [5, 5.41) is 3.19. The number of carbonyl (C=O) groups is 1. The summed E-state index contributed by atoms with van der Waals surface area (Å²) in [7, 11) is 0. The average molecular weight is 200 g/mol. The Balaban J connectivity index is 0. The van der Waals surface area contributed by atoms with E-state index in [0.717, 1.165) is 6.29 Å². The Morgan fingerprint density at radius 2 is 1.38 bits per heavy atom. The van der Waals surface area contributed by atoms with Gasteiger partial charge in [0, 0.05) is 6.42 Å². The van der Waals surface area contributed by atoms with Gasteiger partial charge in [-0.15, -0.1) is 0 Å². The van der Waals surface area contributed by atoms with Gasteiger partial charge >= 0.3 is 0 Å². The lowest BCUT2D eigenvalue weighted by atomic mass is 10.4. The molecule has 0 atom stereocenters. The third-order valence-corrected chi connectivity index (χ3v) is 3.87. The first-order valence-corrected chi connectivity index (χ1v) is 7.77. The second kappa shape index (κ2) is 18.1. The van der Waals surface area contributed by atoms with Crippen LogP contribution in [0.3, 0.4) is 0 Å². The van der Waals surface area contributed by atoms with Gasteiger partial charge in [-0.3, -0.25) is 0 Å². The van der Waals surface area contributed by atoms with Gasteiger partial charge in [-0.2, -0.15) is 0 Å². The van der Waals surface area contributed by atoms with Crippen LogP contribution in [0.5, 0.6) is 0 Å². The molecule has 0 unspecified atom stereocenters. The van der Waals surface area contributed by atoms with Crippen LogP contribution in [0.1, 0.15) is 52.9 Å². The molecule has 0 radical (unpaired) electrons. The number of aldehydes is 1. The summed E-state index contributed by atoms with van der Waals surface area (Å²) >= 11 is 0.389. The highest BCUT2D eigenvalue weighted by molar-refractivity contribution is 6.35. The first kappa shape index (κ1) is 15.7. The fourth-order valence-corrected chi connectivity index (χ4v) is 3.09. The molecule has 2 heteroatoms. The predicted octanol–water partition coefficient (Wildman–Crippen LogP) is 3.46. The van der Waals surface area contributed by atoms with Crippen LogP contribution in [0.25, 0.3) is 0 Å². The highest BCUT2D eigenvalue weighted by Gasteiger charge is 1.90. The van der Waals surface area contributed by atoms with E-state index in [1.165, 1.54) is 25.7 Å². The van der Waals surface area contributed by atoms with Crippen LogP contribution in [0.4, 0.5) is 0 Å². The number of hydrogen-bond donors (Lipinski definition) is 0. The molecule has 13 heavy (non-hydrogen) atoms. The van der Waals surface area contributed by atoms with Crippen LogP contribution >= 0.6 is 0 Å². The molecule has 0 aliphatic heterocycles. The van der Waals surface area contributed by atoms with Gasteiger partial charge < -0.3 is 4.79 Å². The Hall–Kier alpha value is 0.202. The molecule has 1 nitrogen and oxygen atoms in total. The van der Waals surface area contributed by atoms with Crippen LogP contribution in [-0.4, -0.2) is 21.5 Å². The monoisotopic (exact) mass is 200 g/mol. The van der Waals surface area contributed by atoms with Crippen molar-refractivity contribution in [3.05, 3.63) is 0 Å². The molecule has 78 valence electrons. The van der Waals surface area contributed by atoms with Crippen LogP contribution in [0, 0.1) is 0 Å². The Kier molecular flexibility index (Phi) is 21.8. The zero-order valence-electron chi connectivity index (χ0n) is 9.64. The lowest BCUT2D eigenvalue weighted by Gasteiger charge is -1.92. The van der Waals surface area contributed by atoms with Crippen LogP contribution in [0.15, 0.2) is 0 Å². The minimum atomic E-state index is 0.389. The van der Waals surface area contributed by atoms with E-state index in [9.17, 15) is 4.79 Å². The highest BCUT2D eigenvalue weighted by atomic mass is 27.1. The lowest BCUT2D eigenvalue weighted by Crippen LogP contribution is -1.87. The molecule has 0 aromatic carbocycles. The molecule has 0 aliphatic carbocycles. The van der Waals surface area contributed by atoms with E-state index >= 15 is 0 Å². The van der Waals surface area contributed by atoms with Crippen molar-refractivity contribution < 1.29 is 4.79 Å². The molecule has 0 spiro atoms. The second-order valence-corrected chi connectivity index (χ2v) is 5.46. The largest absolute Gasteiger partial charge is 0.303 e. The normalized spacial score (nSPS) is 8.54. The van der Waals surface area contributed by atoms with Crippen LogP contribution in [-0.2, 0) is 4.79 Å². The molecule has 0 aliphatic rings. The third kappa shape index (κ3) is 24.5. The molecule has 0 rings (SSSR count). The van der Waals surface area contributed by atoms with Crippen LogP contribution in [0.2, 0.25) is 10.6 Å². The predicted molar refractivity (Wildman–Crippen MR) is 62.9 cm³/mol. The van der Waals surface area contributed by atoms with Gasteiger partial charge in [0.1, 0.15) is 6.29 Å². The molecule has 0 aromatic rings. The first-order valence-electron chi connectivity index (χ1n) is 5.77. The molecular formula is C11H25AlO. The zero-order chi connectivity index (χ0) is 10.4. The SMILES string of the molecule is CCC=O.CCC[CH2][AlH][CH2]CCC. The lowest BCUT2D eigenvalue weighted by molar-refractivity contribution is -0.107. The fourth-order valence-electron chi connectivity index (χ4n) is 1.03. The Labute approximate surface area is 90.0 Å². The fraction of sp³-hybridized carbons (Fsp3) is 0.909. The van der Waals surface area contributed by atoms with E-state index in [1.807, 2.05) is 6.92 Å². The highest BCUT2D eigenvalue weighted by Crippen LogP contribution is 1.99. The van der Waals surface area contributed by atoms with Gasteiger partial charge in [-0.25, -0.2) is 0 Å². The number of unbranched alkanes of at least 4 members (excludes halogenated alkanes) is 2. The summed E-state index contributed by atoms with van der Waals surface area (Å²) in [6.45, 7) is 6.38. The quantitative estimate of drug-likeness (QED) is 0.349. The standard InChI is InChI=1S/2C4H9.C3H6O.Al.H/c2*1-3-4-2;1-2-3-4;;/h2*1,3-4H2,2H3;3H,2H2,1H3;;. The first-order chi connectivity index (χ1) is 6.33. The third-order valence-electron chi connectivity index (χ3n) is 1.87. The van der Waals surface area contributed by atoms with Gasteiger partial charge in [0.2, 0.25) is 15.2 Å². The molecule has 0 saturated carbocycles. The summed E-state index contributed by atoms with van der Waals surface area (Å²) in [6.07, 6.45) is 7.31. The summed E-state index contributed by atoms with van der Waals surface area (Å²) in [5.74, 6) is 0. The van der Waals surface area contributed by atoms with Gasteiger partial charge in [0.15, 0.2) is 0 Å². The van der Waals surface area contributed by atoms with E-state index in [-0.39, 0.29) is 0 Å². The van der Waals surface area contributed by atoms with Crippen molar-refractivity contribution in [2.75, 3.05) is 0 Å². The van der Waals surface area contributed by atoms with Gasteiger partial charge in [0.25, 0.3) is 0 Å².